The van der Waals surface area contributed by atoms with E-state index in [0.717, 1.165) is 16.9 Å². The average molecular weight is 383 g/mol. The molecular formula is C23H30N2O3. The molecule has 0 aromatic heterocycles. The molecule has 1 atom stereocenters. The predicted molar refractivity (Wildman–Crippen MR) is 111 cm³/mol. The number of methoxy groups -OCH3 is 1. The molecular weight excluding hydrogens is 352 g/mol. The molecule has 28 heavy (non-hydrogen) atoms. The maximum Gasteiger partial charge on any atom is 0.242 e. The van der Waals surface area contributed by atoms with E-state index in [0.29, 0.717) is 32.4 Å². The number of carbonyl (C=O) groups is 2. The molecule has 1 N–H and O–H groups in total. The Hall–Kier alpha value is -2.82. The van der Waals surface area contributed by atoms with Crippen LogP contribution in [0.5, 0.6) is 5.75 Å². The Morgan fingerprint density at radius 1 is 1.00 bits per heavy atom. The lowest BCUT2D eigenvalue weighted by Gasteiger charge is -2.30. The van der Waals surface area contributed by atoms with E-state index in [1.807, 2.05) is 68.4 Å². The maximum absolute atomic E-state index is 13.1. The number of hydrogen-bond acceptors (Lipinski definition) is 3. The van der Waals surface area contributed by atoms with Crippen LogP contribution in [0.1, 0.15) is 37.8 Å². The van der Waals surface area contributed by atoms with Crippen molar-refractivity contribution in [2.45, 2.75) is 45.7 Å². The van der Waals surface area contributed by atoms with Crippen molar-refractivity contribution in [1.29, 1.82) is 0 Å². The van der Waals surface area contributed by atoms with E-state index in [1.165, 1.54) is 0 Å². The molecule has 2 amide bonds. The normalized spacial score (nSPS) is 11.5. The van der Waals surface area contributed by atoms with Gasteiger partial charge in [-0.2, -0.15) is 0 Å². The van der Waals surface area contributed by atoms with Crippen LogP contribution in [0.25, 0.3) is 0 Å². The Kier molecular flexibility index (Phi) is 8.53. The van der Waals surface area contributed by atoms with Crippen LogP contribution in [0.2, 0.25) is 0 Å². The molecule has 5 heteroatoms. The van der Waals surface area contributed by atoms with Gasteiger partial charge in [-0.05, 0) is 43.0 Å². The quantitative estimate of drug-likeness (QED) is 0.683. The van der Waals surface area contributed by atoms with Gasteiger partial charge in [0.25, 0.3) is 0 Å². The molecule has 2 aromatic rings. The first-order valence-electron chi connectivity index (χ1n) is 9.83. The molecule has 0 aliphatic carbocycles. The number of likely N-dealkylation sites (N-methyl/N-ethyl adjacent to an activating group) is 1. The summed E-state index contributed by atoms with van der Waals surface area (Å²) in [6.45, 7) is 4.76. The van der Waals surface area contributed by atoms with Crippen LogP contribution >= 0.6 is 0 Å². The van der Waals surface area contributed by atoms with Gasteiger partial charge in [0.15, 0.2) is 0 Å². The van der Waals surface area contributed by atoms with E-state index in [-0.39, 0.29) is 11.8 Å². The number of nitrogens with one attached hydrogen (secondary N) is 1. The first-order chi connectivity index (χ1) is 13.6. The summed E-state index contributed by atoms with van der Waals surface area (Å²) in [5, 5.41) is 2.86. The van der Waals surface area contributed by atoms with E-state index >= 15 is 0 Å². The SMILES string of the molecule is CCNC(=O)[C@H](CC)N(Cc1ccc(OC)cc1)C(=O)CCc1ccccc1. The van der Waals surface area contributed by atoms with Crippen LogP contribution in [-0.4, -0.2) is 36.4 Å². The van der Waals surface area contributed by atoms with Gasteiger partial charge in [-0.15, -0.1) is 0 Å². The van der Waals surface area contributed by atoms with Crippen molar-refractivity contribution < 1.29 is 14.3 Å². The summed E-state index contributed by atoms with van der Waals surface area (Å²) in [5.41, 5.74) is 2.09. The minimum absolute atomic E-state index is 0.0159. The van der Waals surface area contributed by atoms with Gasteiger partial charge in [-0.25, -0.2) is 0 Å². The summed E-state index contributed by atoms with van der Waals surface area (Å²) in [6, 6.07) is 17.1. The smallest absolute Gasteiger partial charge is 0.242 e. The summed E-state index contributed by atoms with van der Waals surface area (Å²) in [6.07, 6.45) is 1.60. The van der Waals surface area contributed by atoms with Gasteiger partial charge >= 0.3 is 0 Å². The first-order valence-corrected chi connectivity index (χ1v) is 9.83. The number of ether oxygens (including phenoxy) is 1. The number of carbonyl (C=O) groups excluding carboxylic acids is 2. The van der Waals surface area contributed by atoms with Crippen molar-refractivity contribution in [2.75, 3.05) is 13.7 Å². The summed E-state index contributed by atoms with van der Waals surface area (Å²) < 4.78 is 5.20. The van der Waals surface area contributed by atoms with E-state index in [1.54, 1.807) is 12.0 Å². The fourth-order valence-corrected chi connectivity index (χ4v) is 3.18. The van der Waals surface area contributed by atoms with Crippen LogP contribution < -0.4 is 10.1 Å². The molecule has 0 fully saturated rings. The first kappa shape index (κ1) is 21.5. The van der Waals surface area contributed by atoms with E-state index in [2.05, 4.69) is 5.32 Å². The number of amides is 2. The fraction of sp³-hybridized carbons (Fsp3) is 0.391. The van der Waals surface area contributed by atoms with Gasteiger partial charge in [0.1, 0.15) is 11.8 Å². The zero-order valence-corrected chi connectivity index (χ0v) is 17.0. The molecule has 0 saturated carbocycles. The highest BCUT2D eigenvalue weighted by molar-refractivity contribution is 5.87. The summed E-state index contributed by atoms with van der Waals surface area (Å²) in [4.78, 5) is 27.3. The summed E-state index contributed by atoms with van der Waals surface area (Å²) in [7, 11) is 1.62. The van der Waals surface area contributed by atoms with Gasteiger partial charge in [0.2, 0.25) is 11.8 Å². The lowest BCUT2D eigenvalue weighted by Crippen LogP contribution is -2.49. The van der Waals surface area contributed by atoms with Gasteiger partial charge in [-0.1, -0.05) is 49.4 Å². The molecule has 0 aliphatic heterocycles. The zero-order valence-electron chi connectivity index (χ0n) is 17.0. The number of aryl methyl sites for hydroxylation is 1. The van der Waals surface area contributed by atoms with Crippen LogP contribution in [0.15, 0.2) is 54.6 Å². The van der Waals surface area contributed by atoms with Crippen molar-refractivity contribution in [3.8, 4) is 5.75 Å². The Bertz CT molecular complexity index is 744. The van der Waals surface area contributed by atoms with Crippen LogP contribution in [0, 0.1) is 0 Å². The second-order valence-electron chi connectivity index (χ2n) is 6.67. The third kappa shape index (κ3) is 6.12. The maximum atomic E-state index is 13.1. The number of benzene rings is 2. The monoisotopic (exact) mass is 382 g/mol. The predicted octanol–water partition coefficient (Wildman–Crippen LogP) is 3.57. The standard InChI is InChI=1S/C23H30N2O3/c1-4-21(23(27)24-5-2)25(17-19-11-14-20(28-3)15-12-19)22(26)16-13-18-9-7-6-8-10-18/h6-12,14-15,21H,4-5,13,16-17H2,1-3H3,(H,24,27)/t21-/m0/s1. The Morgan fingerprint density at radius 2 is 1.68 bits per heavy atom. The molecule has 0 unspecified atom stereocenters. The zero-order chi connectivity index (χ0) is 20.4. The molecule has 2 rings (SSSR count). The van der Waals surface area contributed by atoms with Gasteiger partial charge in [0.05, 0.1) is 7.11 Å². The van der Waals surface area contributed by atoms with Crippen molar-refractivity contribution >= 4 is 11.8 Å². The van der Waals surface area contributed by atoms with E-state index < -0.39 is 6.04 Å². The molecule has 2 aromatic carbocycles. The van der Waals surface area contributed by atoms with Gasteiger partial charge in [-0.3, -0.25) is 9.59 Å². The van der Waals surface area contributed by atoms with Crippen LogP contribution in [0.3, 0.4) is 0 Å². The lowest BCUT2D eigenvalue weighted by molar-refractivity contribution is -0.141. The fourth-order valence-electron chi connectivity index (χ4n) is 3.18. The van der Waals surface area contributed by atoms with Gasteiger partial charge < -0.3 is 15.0 Å². The molecule has 0 bridgehead atoms. The lowest BCUT2D eigenvalue weighted by atomic mass is 10.1. The highest BCUT2D eigenvalue weighted by atomic mass is 16.5. The molecule has 0 radical (unpaired) electrons. The van der Waals surface area contributed by atoms with Crippen molar-refractivity contribution in [3.63, 3.8) is 0 Å². The number of hydrogen-bond donors (Lipinski definition) is 1. The molecule has 0 spiro atoms. The summed E-state index contributed by atoms with van der Waals surface area (Å²) >= 11 is 0. The minimum atomic E-state index is -0.481. The second-order valence-corrected chi connectivity index (χ2v) is 6.67. The topological polar surface area (TPSA) is 58.6 Å². The van der Waals surface area contributed by atoms with Crippen LogP contribution in [0.4, 0.5) is 0 Å². The molecule has 0 aliphatic rings. The third-order valence-corrected chi connectivity index (χ3v) is 4.72. The Balaban J connectivity index is 2.17. The van der Waals surface area contributed by atoms with Gasteiger partial charge in [0, 0.05) is 19.5 Å². The number of nitrogens with zero attached hydrogens (tertiary/aromatic N) is 1. The van der Waals surface area contributed by atoms with Crippen molar-refractivity contribution in [3.05, 3.63) is 65.7 Å². The van der Waals surface area contributed by atoms with Crippen molar-refractivity contribution in [2.24, 2.45) is 0 Å². The molecule has 0 saturated heterocycles. The molecule has 0 heterocycles. The molecule has 150 valence electrons. The van der Waals surface area contributed by atoms with Crippen molar-refractivity contribution in [1.82, 2.24) is 10.2 Å². The highest BCUT2D eigenvalue weighted by Crippen LogP contribution is 2.17. The number of rotatable bonds is 10. The third-order valence-electron chi connectivity index (χ3n) is 4.72. The van der Waals surface area contributed by atoms with E-state index in [9.17, 15) is 9.59 Å². The minimum Gasteiger partial charge on any atom is -0.497 e. The Morgan fingerprint density at radius 3 is 2.25 bits per heavy atom. The highest BCUT2D eigenvalue weighted by Gasteiger charge is 2.28. The van der Waals surface area contributed by atoms with Crippen LogP contribution in [-0.2, 0) is 22.6 Å². The average Bonchev–Trinajstić information content (AvgIpc) is 2.73. The second kappa shape index (κ2) is 11.1. The van der Waals surface area contributed by atoms with E-state index in [4.69, 9.17) is 4.74 Å². The summed E-state index contributed by atoms with van der Waals surface area (Å²) in [5.74, 6) is 0.644. The Labute approximate surface area is 167 Å². The largest absolute Gasteiger partial charge is 0.497 e. The molecule has 5 nitrogen and oxygen atoms in total.